The predicted molar refractivity (Wildman–Crippen MR) is 77.5 cm³/mol. The molecule has 0 spiro atoms. The van der Waals surface area contributed by atoms with Crippen LogP contribution in [0.5, 0.6) is 0 Å². The van der Waals surface area contributed by atoms with Gasteiger partial charge in [0.05, 0.1) is 5.56 Å². The molecule has 1 fully saturated rings. The molecule has 0 amide bonds. The van der Waals surface area contributed by atoms with Crippen molar-refractivity contribution in [2.24, 2.45) is 0 Å². The molecular weight excluding hydrogens is 324 g/mol. The van der Waals surface area contributed by atoms with E-state index >= 15 is 0 Å². The molecule has 1 aromatic carbocycles. The minimum Gasteiger partial charge on any atom is -0.396 e. The number of hydrogen-bond donors (Lipinski definition) is 2. The summed E-state index contributed by atoms with van der Waals surface area (Å²) in [5.74, 6) is -0.908. The number of halogens is 5. The fraction of sp³-hybridized carbons (Fsp3) is 0.571. The van der Waals surface area contributed by atoms with Crippen molar-refractivity contribution in [3.05, 3.63) is 35.1 Å². The number of hydrogen-bond acceptors (Lipinski definition) is 3. The molecule has 1 atom stereocenters. The maximum absolute atomic E-state index is 13.2. The summed E-state index contributed by atoms with van der Waals surface area (Å²) in [5, 5.41) is 12.3. The van der Waals surface area contributed by atoms with Gasteiger partial charge < -0.3 is 10.4 Å². The first-order valence-corrected chi connectivity index (χ1v) is 6.85. The molecule has 0 aromatic heterocycles. The Kier molecular flexibility index (Phi) is 7.05. The van der Waals surface area contributed by atoms with Crippen LogP contribution < -0.4 is 5.32 Å². The Morgan fingerprint density at radius 1 is 1.23 bits per heavy atom. The largest absolute Gasteiger partial charge is 0.416 e. The second-order valence-corrected chi connectivity index (χ2v) is 5.04. The topological polar surface area (TPSA) is 35.5 Å². The molecule has 0 bridgehead atoms. The molecular formula is C14H19ClF4N2O. The Morgan fingerprint density at radius 2 is 1.86 bits per heavy atom. The third kappa shape index (κ3) is 4.55. The van der Waals surface area contributed by atoms with E-state index in [1.54, 1.807) is 0 Å². The first-order valence-electron chi connectivity index (χ1n) is 6.85. The van der Waals surface area contributed by atoms with Gasteiger partial charge in [-0.25, -0.2) is 4.39 Å². The van der Waals surface area contributed by atoms with Gasteiger partial charge >= 0.3 is 6.18 Å². The Morgan fingerprint density at radius 3 is 2.41 bits per heavy atom. The number of nitrogens with zero attached hydrogens (tertiary/aromatic N) is 1. The quantitative estimate of drug-likeness (QED) is 0.826. The molecule has 0 radical (unpaired) electrons. The molecule has 1 aliphatic heterocycles. The van der Waals surface area contributed by atoms with Crippen molar-refractivity contribution in [2.45, 2.75) is 18.6 Å². The second kappa shape index (κ2) is 8.10. The van der Waals surface area contributed by atoms with Gasteiger partial charge in [0.25, 0.3) is 0 Å². The molecule has 0 aliphatic carbocycles. The monoisotopic (exact) mass is 342 g/mol. The fourth-order valence-electron chi connectivity index (χ4n) is 2.72. The molecule has 1 aliphatic rings. The SMILES string of the molecule is Cl.OCC[C@@H](c1ccc(F)cc1C(F)(F)F)N1CCNCC1. The van der Waals surface area contributed by atoms with Gasteiger partial charge in [0, 0.05) is 38.8 Å². The average Bonchev–Trinajstić information content (AvgIpc) is 2.45. The van der Waals surface area contributed by atoms with Gasteiger partial charge in [0.1, 0.15) is 5.82 Å². The fourth-order valence-corrected chi connectivity index (χ4v) is 2.72. The number of rotatable bonds is 4. The van der Waals surface area contributed by atoms with E-state index in [9.17, 15) is 22.7 Å². The van der Waals surface area contributed by atoms with Crippen molar-refractivity contribution < 1.29 is 22.7 Å². The van der Waals surface area contributed by atoms with Crippen LogP contribution in [-0.4, -0.2) is 42.8 Å². The number of aliphatic hydroxyl groups is 1. The lowest BCUT2D eigenvalue weighted by molar-refractivity contribution is -0.139. The van der Waals surface area contributed by atoms with E-state index in [0.717, 1.165) is 6.07 Å². The standard InChI is InChI=1S/C14H18F4N2O.ClH/c15-10-1-2-11(12(9-10)14(16,17)18)13(3-8-21)20-6-4-19-5-7-20;/h1-2,9,13,19,21H,3-8H2;1H/t13-;/m0./s1. The zero-order valence-corrected chi connectivity index (χ0v) is 12.7. The molecule has 2 N–H and O–H groups in total. The van der Waals surface area contributed by atoms with Crippen LogP contribution in [-0.2, 0) is 6.18 Å². The molecule has 22 heavy (non-hydrogen) atoms. The zero-order valence-electron chi connectivity index (χ0n) is 11.9. The molecule has 0 unspecified atom stereocenters. The normalized spacial score (nSPS) is 17.9. The van der Waals surface area contributed by atoms with E-state index in [-0.39, 0.29) is 31.0 Å². The summed E-state index contributed by atoms with van der Waals surface area (Å²) in [5.41, 5.74) is -0.931. The summed E-state index contributed by atoms with van der Waals surface area (Å²) in [6.07, 6.45) is -4.42. The molecule has 3 nitrogen and oxygen atoms in total. The maximum atomic E-state index is 13.2. The molecule has 126 valence electrons. The Labute approximate surface area is 132 Å². The molecule has 8 heteroatoms. The number of nitrogens with one attached hydrogen (secondary N) is 1. The number of aliphatic hydroxyl groups excluding tert-OH is 1. The number of alkyl halides is 3. The van der Waals surface area contributed by atoms with E-state index in [0.29, 0.717) is 32.2 Å². The smallest absolute Gasteiger partial charge is 0.396 e. The first-order chi connectivity index (χ1) is 9.93. The van der Waals surface area contributed by atoms with Gasteiger partial charge in [-0.3, -0.25) is 4.90 Å². The molecule has 1 saturated heterocycles. The van der Waals surface area contributed by atoms with Crippen LogP contribution in [0.4, 0.5) is 17.6 Å². The summed E-state index contributed by atoms with van der Waals surface area (Å²) in [6.45, 7) is 2.34. The third-order valence-electron chi connectivity index (χ3n) is 3.67. The summed E-state index contributed by atoms with van der Waals surface area (Å²) < 4.78 is 52.6. The molecule has 1 heterocycles. The van der Waals surface area contributed by atoms with Crippen molar-refractivity contribution >= 4 is 12.4 Å². The maximum Gasteiger partial charge on any atom is 0.416 e. The minimum atomic E-state index is -4.61. The minimum absolute atomic E-state index is 0. The lowest BCUT2D eigenvalue weighted by atomic mass is 9.95. The zero-order chi connectivity index (χ0) is 15.5. The lowest BCUT2D eigenvalue weighted by Crippen LogP contribution is -2.45. The Balaban J connectivity index is 0.00000242. The van der Waals surface area contributed by atoms with Gasteiger partial charge in [0.2, 0.25) is 0 Å². The van der Waals surface area contributed by atoms with Crippen molar-refractivity contribution in [2.75, 3.05) is 32.8 Å². The number of benzene rings is 1. The van der Waals surface area contributed by atoms with Gasteiger partial charge in [0.15, 0.2) is 0 Å². The molecule has 2 rings (SSSR count). The van der Waals surface area contributed by atoms with Crippen LogP contribution in [0, 0.1) is 5.82 Å². The van der Waals surface area contributed by atoms with Gasteiger partial charge in [-0.05, 0) is 24.1 Å². The van der Waals surface area contributed by atoms with Crippen molar-refractivity contribution in [3.8, 4) is 0 Å². The average molecular weight is 343 g/mol. The van der Waals surface area contributed by atoms with E-state index in [1.165, 1.54) is 6.07 Å². The molecule has 1 aromatic rings. The van der Waals surface area contributed by atoms with Crippen molar-refractivity contribution in [1.82, 2.24) is 10.2 Å². The van der Waals surface area contributed by atoms with Crippen LogP contribution in [0.2, 0.25) is 0 Å². The summed E-state index contributed by atoms with van der Waals surface area (Å²) in [6, 6.07) is 2.19. The van der Waals surface area contributed by atoms with Gasteiger partial charge in [-0.15, -0.1) is 12.4 Å². The van der Waals surface area contributed by atoms with Gasteiger partial charge in [-0.1, -0.05) is 6.07 Å². The number of piperazine rings is 1. The summed E-state index contributed by atoms with van der Waals surface area (Å²) in [7, 11) is 0. The first kappa shape index (κ1) is 19.2. The van der Waals surface area contributed by atoms with Crippen LogP contribution in [0.3, 0.4) is 0 Å². The van der Waals surface area contributed by atoms with Crippen molar-refractivity contribution in [1.29, 1.82) is 0 Å². The predicted octanol–water partition coefficient (Wildman–Crippen LogP) is 2.60. The summed E-state index contributed by atoms with van der Waals surface area (Å²) in [4.78, 5) is 1.90. The highest BCUT2D eigenvalue weighted by Gasteiger charge is 2.37. The van der Waals surface area contributed by atoms with Crippen LogP contribution in [0.15, 0.2) is 18.2 Å². The van der Waals surface area contributed by atoms with Crippen LogP contribution in [0.1, 0.15) is 23.6 Å². The summed E-state index contributed by atoms with van der Waals surface area (Å²) >= 11 is 0. The van der Waals surface area contributed by atoms with Crippen LogP contribution >= 0.6 is 12.4 Å². The van der Waals surface area contributed by atoms with E-state index in [2.05, 4.69) is 5.32 Å². The highest BCUT2D eigenvalue weighted by molar-refractivity contribution is 5.85. The van der Waals surface area contributed by atoms with E-state index in [4.69, 9.17) is 0 Å². The van der Waals surface area contributed by atoms with Gasteiger partial charge in [-0.2, -0.15) is 13.2 Å². The van der Waals surface area contributed by atoms with E-state index in [1.807, 2.05) is 4.90 Å². The van der Waals surface area contributed by atoms with Crippen molar-refractivity contribution in [3.63, 3.8) is 0 Å². The highest BCUT2D eigenvalue weighted by Crippen LogP contribution is 2.38. The Hall–Kier alpha value is -0.890. The molecule has 0 saturated carbocycles. The van der Waals surface area contributed by atoms with E-state index < -0.39 is 23.6 Å². The Bertz CT molecular complexity index is 478. The second-order valence-electron chi connectivity index (χ2n) is 5.04. The lowest BCUT2D eigenvalue weighted by Gasteiger charge is -2.36. The van der Waals surface area contributed by atoms with Crippen LogP contribution in [0.25, 0.3) is 0 Å². The third-order valence-corrected chi connectivity index (χ3v) is 3.67. The highest BCUT2D eigenvalue weighted by atomic mass is 35.5.